The summed E-state index contributed by atoms with van der Waals surface area (Å²) < 4.78 is 34.8. The highest BCUT2D eigenvalue weighted by Gasteiger charge is 2.33. The Morgan fingerprint density at radius 3 is 2.02 bits per heavy atom. The molecule has 43 heavy (non-hydrogen) atoms. The van der Waals surface area contributed by atoms with Crippen molar-refractivity contribution < 1.29 is 22.7 Å². The van der Waals surface area contributed by atoms with Crippen molar-refractivity contribution >= 4 is 50.7 Å². The van der Waals surface area contributed by atoms with E-state index in [9.17, 15) is 18.0 Å². The number of anilines is 1. The molecule has 11 heteroatoms. The lowest BCUT2D eigenvalue weighted by Crippen LogP contribution is -2.51. The fraction of sp³-hybridized carbons (Fsp3) is 0.188. The van der Waals surface area contributed by atoms with Gasteiger partial charge in [0.15, 0.2) is 0 Å². The lowest BCUT2D eigenvalue weighted by atomic mass is 10.1. The summed E-state index contributed by atoms with van der Waals surface area (Å²) in [6, 6.07) is 27.5. The summed E-state index contributed by atoms with van der Waals surface area (Å²) in [5.41, 5.74) is 0.880. The van der Waals surface area contributed by atoms with Gasteiger partial charge in [-0.1, -0.05) is 72.6 Å². The van der Waals surface area contributed by atoms with Crippen LogP contribution in [0.4, 0.5) is 5.69 Å². The number of nitrogens with zero attached hydrogens (tertiary/aromatic N) is 2. The lowest BCUT2D eigenvalue weighted by Gasteiger charge is -2.33. The second-order valence-corrected chi connectivity index (χ2v) is 12.2. The first kappa shape index (κ1) is 31.9. The van der Waals surface area contributed by atoms with Gasteiger partial charge >= 0.3 is 0 Å². The van der Waals surface area contributed by atoms with Crippen LogP contribution < -0.4 is 14.4 Å². The number of rotatable bonds is 12. The van der Waals surface area contributed by atoms with Crippen LogP contribution in [0.25, 0.3) is 0 Å². The summed E-state index contributed by atoms with van der Waals surface area (Å²) in [5.74, 6) is 0.156. The van der Waals surface area contributed by atoms with Crippen molar-refractivity contribution in [2.75, 3.05) is 17.9 Å². The van der Waals surface area contributed by atoms with Gasteiger partial charge < -0.3 is 15.0 Å². The summed E-state index contributed by atoms with van der Waals surface area (Å²) in [6.07, 6.45) is 0.295. The van der Waals surface area contributed by atoms with Crippen molar-refractivity contribution in [3.05, 3.63) is 119 Å². The minimum Gasteiger partial charge on any atom is -0.457 e. The zero-order chi connectivity index (χ0) is 31.0. The minimum absolute atomic E-state index is 0.00469. The van der Waals surface area contributed by atoms with Gasteiger partial charge in [0.25, 0.3) is 10.0 Å². The predicted molar refractivity (Wildman–Crippen MR) is 169 cm³/mol. The third-order valence-electron chi connectivity index (χ3n) is 6.68. The number of sulfonamides is 1. The van der Waals surface area contributed by atoms with E-state index in [1.54, 1.807) is 79.7 Å². The molecular formula is C32H31Cl2N3O5S. The number of amides is 2. The normalized spacial score (nSPS) is 11.8. The van der Waals surface area contributed by atoms with Crippen LogP contribution >= 0.6 is 23.2 Å². The summed E-state index contributed by atoms with van der Waals surface area (Å²) >= 11 is 12.3. The van der Waals surface area contributed by atoms with Gasteiger partial charge in [-0.15, -0.1) is 0 Å². The summed E-state index contributed by atoms with van der Waals surface area (Å²) in [4.78, 5) is 28.3. The first-order valence-electron chi connectivity index (χ1n) is 13.5. The van der Waals surface area contributed by atoms with Crippen molar-refractivity contribution in [2.45, 2.75) is 30.8 Å². The molecule has 0 saturated heterocycles. The topological polar surface area (TPSA) is 96.0 Å². The maximum absolute atomic E-state index is 14.0. The van der Waals surface area contributed by atoms with E-state index in [0.717, 1.165) is 4.31 Å². The molecule has 0 aliphatic rings. The monoisotopic (exact) mass is 639 g/mol. The van der Waals surface area contributed by atoms with Crippen LogP contribution in [0.1, 0.15) is 18.9 Å². The lowest BCUT2D eigenvalue weighted by molar-refractivity contribution is -0.140. The Bertz CT molecular complexity index is 1650. The average molecular weight is 641 g/mol. The number of para-hydroxylation sites is 1. The van der Waals surface area contributed by atoms with Crippen molar-refractivity contribution in [2.24, 2.45) is 0 Å². The fourth-order valence-electron chi connectivity index (χ4n) is 4.47. The van der Waals surface area contributed by atoms with Gasteiger partial charge in [-0.3, -0.25) is 13.9 Å². The standard InChI is InChI=1S/C32H31Cl2N3O5S/c1-3-30(32(39)35-2)36(21-23-14-19-28(33)29(34)20-23)31(38)22-37(43(40,41)27-12-8-5-9-13-27)24-15-17-26(18-16-24)42-25-10-6-4-7-11-25/h4-20,30H,3,21-22H2,1-2H3,(H,35,39)/t30-/m1/s1. The van der Waals surface area contributed by atoms with Gasteiger partial charge in [-0.25, -0.2) is 8.42 Å². The molecule has 1 N–H and O–H groups in total. The Balaban J connectivity index is 1.71. The van der Waals surface area contributed by atoms with Gasteiger partial charge in [0.2, 0.25) is 11.8 Å². The molecule has 4 rings (SSSR count). The van der Waals surface area contributed by atoms with E-state index in [2.05, 4.69) is 5.32 Å². The SMILES string of the molecule is CC[C@H](C(=O)NC)N(Cc1ccc(Cl)c(Cl)c1)C(=O)CN(c1ccc(Oc2ccccc2)cc1)S(=O)(=O)c1ccccc1. The molecule has 0 radical (unpaired) electrons. The zero-order valence-corrected chi connectivity index (χ0v) is 25.9. The van der Waals surface area contributed by atoms with Crippen LogP contribution in [-0.2, 0) is 26.2 Å². The maximum Gasteiger partial charge on any atom is 0.264 e. The fourth-order valence-corrected chi connectivity index (χ4v) is 6.23. The molecule has 224 valence electrons. The number of benzene rings is 4. The van der Waals surface area contributed by atoms with Crippen molar-refractivity contribution in [1.29, 1.82) is 0 Å². The molecule has 0 aliphatic heterocycles. The average Bonchev–Trinajstić information content (AvgIpc) is 3.02. The van der Waals surface area contributed by atoms with Crippen LogP contribution in [0.2, 0.25) is 10.0 Å². The molecule has 8 nitrogen and oxygen atoms in total. The highest BCUT2D eigenvalue weighted by atomic mass is 35.5. The number of hydrogen-bond donors (Lipinski definition) is 1. The van der Waals surface area contributed by atoms with Crippen molar-refractivity contribution in [3.63, 3.8) is 0 Å². The third kappa shape index (κ3) is 7.87. The van der Waals surface area contributed by atoms with Crippen LogP contribution in [0.15, 0.2) is 108 Å². The van der Waals surface area contributed by atoms with E-state index in [1.807, 2.05) is 18.2 Å². The molecule has 0 spiro atoms. The van der Waals surface area contributed by atoms with E-state index >= 15 is 0 Å². The first-order chi connectivity index (χ1) is 20.6. The first-order valence-corrected chi connectivity index (χ1v) is 15.7. The van der Waals surface area contributed by atoms with E-state index in [-0.39, 0.29) is 23.0 Å². The molecule has 0 aromatic heterocycles. The molecule has 4 aromatic rings. The summed E-state index contributed by atoms with van der Waals surface area (Å²) in [5, 5.41) is 3.24. The number of likely N-dealkylation sites (N-methyl/N-ethyl adjacent to an activating group) is 1. The van der Waals surface area contributed by atoms with Gasteiger partial charge in [0.1, 0.15) is 24.1 Å². The Hall–Kier alpha value is -4.05. The molecule has 0 heterocycles. The molecule has 0 unspecified atom stereocenters. The number of carbonyl (C=O) groups is 2. The van der Waals surface area contributed by atoms with Gasteiger partial charge in [-0.05, 0) is 72.6 Å². The number of carbonyl (C=O) groups excluding carboxylic acids is 2. The predicted octanol–water partition coefficient (Wildman–Crippen LogP) is 6.53. The largest absolute Gasteiger partial charge is 0.457 e. The number of halogens is 2. The van der Waals surface area contributed by atoms with Crippen molar-refractivity contribution in [1.82, 2.24) is 10.2 Å². The minimum atomic E-state index is -4.19. The highest BCUT2D eigenvalue weighted by molar-refractivity contribution is 7.92. The molecule has 2 amide bonds. The van der Waals surface area contributed by atoms with Crippen LogP contribution in [0.5, 0.6) is 11.5 Å². The molecule has 0 fully saturated rings. The number of hydrogen-bond acceptors (Lipinski definition) is 5. The quantitative estimate of drug-likeness (QED) is 0.190. The Morgan fingerprint density at radius 1 is 0.837 bits per heavy atom. The summed E-state index contributed by atoms with van der Waals surface area (Å²) in [7, 11) is -2.71. The molecule has 4 aromatic carbocycles. The second kappa shape index (κ2) is 14.4. The summed E-state index contributed by atoms with van der Waals surface area (Å²) in [6.45, 7) is 1.22. The van der Waals surface area contributed by atoms with E-state index < -0.39 is 28.5 Å². The Kier molecular flexibility index (Phi) is 10.7. The maximum atomic E-state index is 14.0. The van der Waals surface area contributed by atoms with Gasteiger partial charge in [0.05, 0.1) is 20.6 Å². The molecule has 0 bridgehead atoms. The van der Waals surface area contributed by atoms with Crippen LogP contribution in [-0.4, -0.2) is 44.8 Å². The Labute approximate surface area is 261 Å². The van der Waals surface area contributed by atoms with Gasteiger partial charge in [0, 0.05) is 13.6 Å². The van der Waals surface area contributed by atoms with Crippen molar-refractivity contribution in [3.8, 4) is 11.5 Å². The molecule has 0 aliphatic carbocycles. The van der Waals surface area contributed by atoms with Crippen LogP contribution in [0, 0.1) is 0 Å². The van der Waals surface area contributed by atoms with E-state index in [0.29, 0.717) is 33.5 Å². The molecular weight excluding hydrogens is 609 g/mol. The zero-order valence-electron chi connectivity index (χ0n) is 23.6. The van der Waals surface area contributed by atoms with E-state index in [4.69, 9.17) is 27.9 Å². The number of ether oxygens (including phenoxy) is 1. The molecule has 1 atom stereocenters. The van der Waals surface area contributed by atoms with E-state index in [1.165, 1.54) is 24.1 Å². The number of nitrogens with one attached hydrogen (secondary N) is 1. The van der Waals surface area contributed by atoms with Crippen LogP contribution in [0.3, 0.4) is 0 Å². The third-order valence-corrected chi connectivity index (χ3v) is 9.21. The second-order valence-electron chi connectivity index (χ2n) is 9.54. The van der Waals surface area contributed by atoms with Gasteiger partial charge in [-0.2, -0.15) is 0 Å². The Morgan fingerprint density at radius 2 is 1.44 bits per heavy atom. The highest BCUT2D eigenvalue weighted by Crippen LogP contribution is 2.29. The smallest absolute Gasteiger partial charge is 0.264 e. The molecule has 0 saturated carbocycles.